The summed E-state index contributed by atoms with van der Waals surface area (Å²) in [5, 5.41) is 14.3. The quantitative estimate of drug-likeness (QED) is 0.673. The van der Waals surface area contributed by atoms with Crippen LogP contribution in [0.1, 0.15) is 29.9 Å². The van der Waals surface area contributed by atoms with Crippen LogP contribution in [0, 0.1) is 17.0 Å². The number of nitrogens with one attached hydrogen (secondary N) is 1. The third-order valence-electron chi connectivity index (χ3n) is 4.17. The summed E-state index contributed by atoms with van der Waals surface area (Å²) in [5.41, 5.74) is 3.24. The molecule has 1 fully saturated rings. The molecule has 0 saturated heterocycles. The fourth-order valence-electron chi connectivity index (χ4n) is 2.92. The predicted octanol–water partition coefficient (Wildman–Crippen LogP) is 4.26. The molecule has 4 heteroatoms. The predicted molar refractivity (Wildman–Crippen MR) is 83.7 cm³/mol. The Hall–Kier alpha value is -2.36. The van der Waals surface area contributed by atoms with E-state index in [1.165, 1.54) is 5.56 Å². The van der Waals surface area contributed by atoms with Crippen LogP contribution < -0.4 is 5.32 Å². The van der Waals surface area contributed by atoms with Crippen LogP contribution in [-0.2, 0) is 0 Å². The molecule has 0 radical (unpaired) electrons. The smallest absolute Gasteiger partial charge is 0.272 e. The average Bonchev–Trinajstić information content (AvgIpc) is 2.43. The number of benzene rings is 2. The van der Waals surface area contributed by atoms with Crippen molar-refractivity contribution in [3.63, 3.8) is 0 Å². The van der Waals surface area contributed by atoms with Gasteiger partial charge in [0, 0.05) is 23.4 Å². The summed E-state index contributed by atoms with van der Waals surface area (Å²) in [5.74, 6) is 0.628. The largest absolute Gasteiger partial charge is 0.382 e. The molecule has 0 aromatic heterocycles. The Morgan fingerprint density at radius 2 is 1.86 bits per heavy atom. The van der Waals surface area contributed by atoms with Crippen molar-refractivity contribution in [2.75, 3.05) is 5.32 Å². The van der Waals surface area contributed by atoms with Gasteiger partial charge >= 0.3 is 0 Å². The number of nitro benzene ring substituents is 1. The van der Waals surface area contributed by atoms with Crippen LogP contribution in [0.3, 0.4) is 0 Å². The number of hydrogen-bond donors (Lipinski definition) is 1. The van der Waals surface area contributed by atoms with Crippen molar-refractivity contribution < 1.29 is 4.92 Å². The molecule has 4 nitrogen and oxygen atoms in total. The SMILES string of the molecule is Cc1cc(NC2CC(c3ccccc3)C2)ccc1[N+](=O)[O-]. The van der Waals surface area contributed by atoms with Crippen molar-refractivity contribution in [3.8, 4) is 0 Å². The van der Waals surface area contributed by atoms with E-state index in [0.717, 1.165) is 18.5 Å². The molecule has 1 aliphatic carbocycles. The molecule has 1 aliphatic rings. The zero-order chi connectivity index (χ0) is 14.8. The van der Waals surface area contributed by atoms with Crippen molar-refractivity contribution in [1.82, 2.24) is 0 Å². The molecule has 0 atom stereocenters. The summed E-state index contributed by atoms with van der Waals surface area (Å²) in [6, 6.07) is 16.2. The van der Waals surface area contributed by atoms with Crippen molar-refractivity contribution in [1.29, 1.82) is 0 Å². The third kappa shape index (κ3) is 2.89. The monoisotopic (exact) mass is 282 g/mol. The van der Waals surface area contributed by atoms with Crippen LogP contribution in [0.5, 0.6) is 0 Å². The second-order valence-electron chi connectivity index (χ2n) is 5.68. The summed E-state index contributed by atoms with van der Waals surface area (Å²) < 4.78 is 0. The molecule has 2 aromatic rings. The van der Waals surface area contributed by atoms with E-state index in [1.54, 1.807) is 19.1 Å². The number of nitrogens with zero attached hydrogens (tertiary/aromatic N) is 1. The van der Waals surface area contributed by atoms with E-state index in [1.807, 2.05) is 12.1 Å². The van der Waals surface area contributed by atoms with Crippen LogP contribution in [-0.4, -0.2) is 11.0 Å². The van der Waals surface area contributed by atoms with E-state index in [0.29, 0.717) is 17.5 Å². The van der Waals surface area contributed by atoms with Gasteiger partial charge in [0.05, 0.1) is 4.92 Å². The Kier molecular flexibility index (Phi) is 3.60. The van der Waals surface area contributed by atoms with Gasteiger partial charge < -0.3 is 5.32 Å². The number of nitro groups is 1. The molecule has 2 aromatic carbocycles. The van der Waals surface area contributed by atoms with Crippen LogP contribution in [0.4, 0.5) is 11.4 Å². The molecular formula is C17H18N2O2. The van der Waals surface area contributed by atoms with E-state index >= 15 is 0 Å². The fourth-order valence-corrected chi connectivity index (χ4v) is 2.92. The van der Waals surface area contributed by atoms with Crippen molar-refractivity contribution in [2.45, 2.75) is 31.7 Å². The van der Waals surface area contributed by atoms with Gasteiger partial charge in [-0.25, -0.2) is 0 Å². The summed E-state index contributed by atoms with van der Waals surface area (Å²) in [7, 11) is 0. The molecule has 21 heavy (non-hydrogen) atoms. The molecule has 1 N–H and O–H groups in total. The highest BCUT2D eigenvalue weighted by atomic mass is 16.6. The molecule has 0 heterocycles. The summed E-state index contributed by atoms with van der Waals surface area (Å²) in [6.07, 6.45) is 2.22. The lowest BCUT2D eigenvalue weighted by atomic mass is 9.76. The lowest BCUT2D eigenvalue weighted by molar-refractivity contribution is -0.385. The van der Waals surface area contributed by atoms with Gasteiger partial charge in [0.25, 0.3) is 5.69 Å². The van der Waals surface area contributed by atoms with Gasteiger partial charge in [-0.05, 0) is 43.4 Å². The molecule has 3 rings (SSSR count). The maximum atomic E-state index is 10.8. The molecule has 0 aliphatic heterocycles. The minimum Gasteiger partial charge on any atom is -0.382 e. The Morgan fingerprint density at radius 1 is 1.14 bits per heavy atom. The van der Waals surface area contributed by atoms with Crippen LogP contribution in [0.25, 0.3) is 0 Å². The van der Waals surface area contributed by atoms with Crippen LogP contribution in [0.2, 0.25) is 0 Å². The molecule has 1 saturated carbocycles. The molecule has 0 spiro atoms. The summed E-state index contributed by atoms with van der Waals surface area (Å²) in [6.45, 7) is 1.77. The van der Waals surface area contributed by atoms with Gasteiger partial charge in [0.15, 0.2) is 0 Å². The highest BCUT2D eigenvalue weighted by molar-refractivity contribution is 5.54. The van der Waals surface area contributed by atoms with E-state index in [-0.39, 0.29) is 10.6 Å². The highest BCUT2D eigenvalue weighted by Crippen LogP contribution is 2.38. The number of anilines is 1. The van der Waals surface area contributed by atoms with Crippen LogP contribution in [0.15, 0.2) is 48.5 Å². The minimum atomic E-state index is -0.339. The summed E-state index contributed by atoms with van der Waals surface area (Å²) >= 11 is 0. The van der Waals surface area contributed by atoms with Gasteiger partial charge in [-0.2, -0.15) is 0 Å². The van der Waals surface area contributed by atoms with E-state index in [9.17, 15) is 10.1 Å². The van der Waals surface area contributed by atoms with Gasteiger partial charge in [-0.3, -0.25) is 10.1 Å². The van der Waals surface area contributed by atoms with Crippen LogP contribution >= 0.6 is 0 Å². The zero-order valence-corrected chi connectivity index (χ0v) is 12.0. The second kappa shape index (κ2) is 5.56. The average molecular weight is 282 g/mol. The number of rotatable bonds is 4. The first kappa shape index (κ1) is 13.6. The third-order valence-corrected chi connectivity index (χ3v) is 4.17. The van der Waals surface area contributed by atoms with Crippen molar-refractivity contribution in [3.05, 3.63) is 69.8 Å². The fraction of sp³-hybridized carbons (Fsp3) is 0.294. The van der Waals surface area contributed by atoms with Crippen molar-refractivity contribution >= 4 is 11.4 Å². The Balaban J connectivity index is 1.60. The maximum Gasteiger partial charge on any atom is 0.272 e. The maximum absolute atomic E-state index is 10.8. The minimum absolute atomic E-state index is 0.177. The first-order valence-corrected chi connectivity index (χ1v) is 7.20. The Morgan fingerprint density at radius 3 is 2.48 bits per heavy atom. The molecular weight excluding hydrogens is 264 g/mol. The normalized spacial score (nSPS) is 20.6. The lowest BCUT2D eigenvalue weighted by Crippen LogP contribution is -2.33. The van der Waals surface area contributed by atoms with E-state index in [2.05, 4.69) is 29.6 Å². The molecule has 0 unspecified atom stereocenters. The number of aryl methyl sites for hydroxylation is 1. The van der Waals surface area contributed by atoms with Crippen molar-refractivity contribution in [2.24, 2.45) is 0 Å². The molecule has 0 amide bonds. The second-order valence-corrected chi connectivity index (χ2v) is 5.68. The Bertz CT molecular complexity index is 649. The molecule has 0 bridgehead atoms. The van der Waals surface area contributed by atoms with Gasteiger partial charge in [-0.1, -0.05) is 30.3 Å². The Labute approximate surface area is 124 Å². The standard InChI is InChI=1S/C17H18N2O2/c1-12-9-15(7-8-17(12)19(20)21)18-16-10-14(11-16)13-5-3-2-4-6-13/h2-9,14,16,18H,10-11H2,1H3. The van der Waals surface area contributed by atoms with E-state index < -0.39 is 0 Å². The zero-order valence-electron chi connectivity index (χ0n) is 12.0. The van der Waals surface area contributed by atoms with E-state index in [4.69, 9.17) is 0 Å². The first-order valence-electron chi connectivity index (χ1n) is 7.20. The highest BCUT2D eigenvalue weighted by Gasteiger charge is 2.30. The lowest BCUT2D eigenvalue weighted by Gasteiger charge is -2.37. The first-order chi connectivity index (χ1) is 10.1. The van der Waals surface area contributed by atoms with Gasteiger partial charge in [-0.15, -0.1) is 0 Å². The summed E-state index contributed by atoms with van der Waals surface area (Å²) in [4.78, 5) is 10.5. The van der Waals surface area contributed by atoms with Gasteiger partial charge in [0.2, 0.25) is 0 Å². The molecule has 108 valence electrons. The van der Waals surface area contributed by atoms with Gasteiger partial charge in [0.1, 0.15) is 0 Å². The number of hydrogen-bond acceptors (Lipinski definition) is 3. The topological polar surface area (TPSA) is 55.2 Å².